The second-order valence-corrected chi connectivity index (χ2v) is 13.1. The van der Waals surface area contributed by atoms with Crippen LogP contribution in [0.15, 0.2) is 168 Å². The van der Waals surface area contributed by atoms with Crippen molar-refractivity contribution >= 4 is 49.4 Å². The minimum atomic E-state index is 0.159. The highest BCUT2D eigenvalue weighted by Gasteiger charge is 2.45. The Morgan fingerprint density at radius 3 is 2.06 bits per heavy atom. The van der Waals surface area contributed by atoms with Crippen molar-refractivity contribution in [2.24, 2.45) is 0 Å². The predicted molar refractivity (Wildman–Crippen MR) is 196 cm³/mol. The van der Waals surface area contributed by atoms with Gasteiger partial charge in [-0.1, -0.05) is 115 Å². The summed E-state index contributed by atoms with van der Waals surface area (Å²) >= 11 is 0. The third-order valence-corrected chi connectivity index (χ3v) is 10.4. The number of furan rings is 1. The first kappa shape index (κ1) is 27.4. The van der Waals surface area contributed by atoms with Gasteiger partial charge in [-0.15, -0.1) is 0 Å². The zero-order chi connectivity index (χ0) is 31.6. The quantitative estimate of drug-likeness (QED) is 0.201. The maximum absolute atomic E-state index is 6.34. The van der Waals surface area contributed by atoms with Crippen LogP contribution in [-0.2, 0) is 0 Å². The molecule has 0 amide bonds. The molecule has 2 N–H and O–H groups in total. The highest BCUT2D eigenvalue weighted by molar-refractivity contribution is 6.17. The number of benzene rings is 6. The van der Waals surface area contributed by atoms with Crippen LogP contribution < -0.4 is 10.2 Å². The second kappa shape index (κ2) is 11.0. The van der Waals surface area contributed by atoms with Crippen LogP contribution in [0.5, 0.6) is 0 Å². The number of quaternary nitrogens is 1. The fraction of sp³-hybridized carbons (Fsp3) is 0.0909. The molecule has 6 aromatic carbocycles. The van der Waals surface area contributed by atoms with E-state index in [1.807, 2.05) is 12.1 Å². The number of nitrogens with one attached hydrogen (secondary N) is 2. The Hall–Kier alpha value is -5.68. The first-order valence-electron chi connectivity index (χ1n) is 16.9. The van der Waals surface area contributed by atoms with E-state index < -0.39 is 0 Å². The minimum Gasteiger partial charge on any atom is -0.456 e. The molecule has 10 rings (SSSR count). The Balaban J connectivity index is 1.05. The lowest BCUT2D eigenvalue weighted by Crippen LogP contribution is -3.19. The van der Waals surface area contributed by atoms with Crippen LogP contribution in [0.4, 0.5) is 5.69 Å². The van der Waals surface area contributed by atoms with Gasteiger partial charge in [0, 0.05) is 62.5 Å². The van der Waals surface area contributed by atoms with Gasteiger partial charge in [-0.05, 0) is 42.3 Å². The molecular formula is C44H34N3O+. The topological polar surface area (TPSA) is 34.5 Å². The molecule has 48 heavy (non-hydrogen) atoms. The summed E-state index contributed by atoms with van der Waals surface area (Å²) in [6, 6.07) is 50.8. The number of fused-ring (bicyclic) bond motifs is 6. The molecule has 1 fully saturated rings. The van der Waals surface area contributed by atoms with Crippen LogP contribution in [0, 0.1) is 0 Å². The van der Waals surface area contributed by atoms with Crippen LogP contribution in [-0.4, -0.2) is 4.57 Å². The third kappa shape index (κ3) is 4.31. The van der Waals surface area contributed by atoms with Crippen molar-refractivity contribution in [3.8, 4) is 5.69 Å². The molecule has 0 saturated carbocycles. The van der Waals surface area contributed by atoms with E-state index in [4.69, 9.17) is 4.42 Å². The fourth-order valence-electron chi connectivity index (χ4n) is 7.98. The maximum Gasteiger partial charge on any atom is 0.178 e. The Morgan fingerprint density at radius 1 is 0.562 bits per heavy atom. The van der Waals surface area contributed by atoms with Gasteiger partial charge in [0.1, 0.15) is 16.9 Å². The number of rotatable bonds is 5. The second-order valence-electron chi connectivity index (χ2n) is 13.1. The van der Waals surface area contributed by atoms with E-state index in [9.17, 15) is 0 Å². The molecule has 4 atom stereocenters. The average Bonchev–Trinajstić information content (AvgIpc) is 3.66. The fourth-order valence-corrected chi connectivity index (χ4v) is 7.98. The number of hydrogen-bond donors (Lipinski definition) is 2. The molecule has 2 aromatic heterocycles. The summed E-state index contributed by atoms with van der Waals surface area (Å²) in [5.41, 5.74) is 10.5. The van der Waals surface area contributed by atoms with Gasteiger partial charge in [-0.3, -0.25) is 4.90 Å². The molecule has 1 saturated heterocycles. The molecule has 4 nitrogen and oxygen atoms in total. The normalized spacial score (nSPS) is 20.6. The smallest absolute Gasteiger partial charge is 0.178 e. The average molecular weight is 621 g/mol. The summed E-state index contributed by atoms with van der Waals surface area (Å²) in [6.45, 7) is 0. The summed E-state index contributed by atoms with van der Waals surface area (Å²) in [6.07, 6.45) is 10.2. The van der Waals surface area contributed by atoms with E-state index in [0.717, 1.165) is 39.6 Å². The number of para-hydroxylation sites is 2. The van der Waals surface area contributed by atoms with Crippen molar-refractivity contribution in [3.05, 3.63) is 181 Å². The summed E-state index contributed by atoms with van der Waals surface area (Å²) in [5.74, 6) is 0.454. The van der Waals surface area contributed by atoms with E-state index in [-0.39, 0.29) is 12.3 Å². The number of hydrogen-bond acceptors (Lipinski definition) is 2. The summed E-state index contributed by atoms with van der Waals surface area (Å²) in [4.78, 5) is 1.41. The molecule has 230 valence electrons. The van der Waals surface area contributed by atoms with Gasteiger partial charge in [-0.2, -0.15) is 0 Å². The monoisotopic (exact) mass is 620 g/mol. The van der Waals surface area contributed by atoms with Crippen molar-refractivity contribution in [3.63, 3.8) is 0 Å². The standard InChI is InChI=1S/C44H33N3O/c1-3-11-29(12-4-1)30-19-21-32(22-20-30)44-45-43(31-13-5-2-6-14-31)47(44)34-25-23-33(24-26-34)46-39-17-9-7-15-35(39)37-27-38-36-16-8-10-18-41(36)48-42(38)28-40(37)46/h1-11,13-29,43-45H,12H2/p+1. The number of aromatic nitrogens is 1. The van der Waals surface area contributed by atoms with Gasteiger partial charge in [0.25, 0.3) is 0 Å². The Morgan fingerprint density at radius 2 is 1.27 bits per heavy atom. The van der Waals surface area contributed by atoms with Crippen LogP contribution in [0.25, 0.3) is 49.4 Å². The van der Waals surface area contributed by atoms with Crippen LogP contribution in [0.3, 0.4) is 0 Å². The maximum atomic E-state index is 6.34. The third-order valence-electron chi connectivity index (χ3n) is 10.4. The molecule has 0 spiro atoms. The van der Waals surface area contributed by atoms with Gasteiger partial charge in [0.15, 0.2) is 12.3 Å². The van der Waals surface area contributed by atoms with E-state index in [2.05, 4.69) is 162 Å². The molecule has 8 aromatic rings. The molecule has 4 unspecified atom stereocenters. The molecular weight excluding hydrogens is 587 g/mol. The zero-order valence-electron chi connectivity index (χ0n) is 26.4. The van der Waals surface area contributed by atoms with Crippen LogP contribution >= 0.6 is 0 Å². The van der Waals surface area contributed by atoms with Gasteiger partial charge in [0.05, 0.1) is 11.0 Å². The van der Waals surface area contributed by atoms with Crippen molar-refractivity contribution in [1.29, 1.82) is 0 Å². The lowest BCUT2D eigenvalue weighted by Gasteiger charge is -2.45. The minimum absolute atomic E-state index is 0.159. The Kier molecular flexibility index (Phi) is 6.26. The van der Waals surface area contributed by atoms with Crippen molar-refractivity contribution in [2.75, 3.05) is 0 Å². The van der Waals surface area contributed by atoms with Crippen molar-refractivity contribution in [1.82, 2.24) is 9.88 Å². The van der Waals surface area contributed by atoms with Crippen LogP contribution in [0.1, 0.15) is 41.4 Å². The van der Waals surface area contributed by atoms with Crippen molar-refractivity contribution < 1.29 is 9.32 Å². The summed E-state index contributed by atoms with van der Waals surface area (Å²) in [7, 11) is 0. The number of allylic oxidation sites excluding steroid dienone is 4. The first-order chi connectivity index (χ1) is 23.8. The molecule has 1 aliphatic heterocycles. The molecule has 4 heteroatoms. The van der Waals surface area contributed by atoms with E-state index in [1.54, 1.807) is 0 Å². The predicted octanol–water partition coefficient (Wildman–Crippen LogP) is 9.80. The van der Waals surface area contributed by atoms with Gasteiger partial charge >= 0.3 is 0 Å². The SMILES string of the molecule is C1=CCC(c2ccc(C3NC(c4ccccc4)[NH+]3c3ccc(-n4c5ccccc5c5cc6c(cc54)oc4ccccc46)cc3)cc2)C=C1. The molecule has 2 aliphatic rings. The van der Waals surface area contributed by atoms with E-state index in [1.165, 1.54) is 43.6 Å². The number of nitrogens with zero attached hydrogens (tertiary/aromatic N) is 1. The first-order valence-corrected chi connectivity index (χ1v) is 16.9. The lowest BCUT2D eigenvalue weighted by molar-refractivity contribution is -0.962. The molecule has 0 radical (unpaired) electrons. The van der Waals surface area contributed by atoms with Crippen LogP contribution in [0.2, 0.25) is 0 Å². The van der Waals surface area contributed by atoms with Gasteiger partial charge in [-0.25, -0.2) is 5.32 Å². The zero-order valence-corrected chi connectivity index (χ0v) is 26.4. The highest BCUT2D eigenvalue weighted by atomic mass is 16.3. The summed E-state index contributed by atoms with van der Waals surface area (Å²) < 4.78 is 8.72. The molecule has 0 bridgehead atoms. The summed E-state index contributed by atoms with van der Waals surface area (Å²) in [5, 5.41) is 8.69. The Bertz CT molecular complexity index is 2520. The van der Waals surface area contributed by atoms with E-state index >= 15 is 0 Å². The molecule has 1 aliphatic carbocycles. The largest absolute Gasteiger partial charge is 0.456 e. The molecule has 3 heterocycles. The van der Waals surface area contributed by atoms with Crippen molar-refractivity contribution in [2.45, 2.75) is 24.7 Å². The van der Waals surface area contributed by atoms with E-state index in [0.29, 0.717) is 5.92 Å². The highest BCUT2D eigenvalue weighted by Crippen LogP contribution is 2.38. The lowest BCUT2D eigenvalue weighted by atomic mass is 9.91. The van der Waals surface area contributed by atoms with Gasteiger partial charge in [0.2, 0.25) is 0 Å². The Labute approximate surface area is 278 Å². The van der Waals surface area contributed by atoms with Gasteiger partial charge < -0.3 is 8.98 Å².